The van der Waals surface area contributed by atoms with Crippen LogP contribution in [0.15, 0.2) is 39.3 Å². The molecule has 0 radical (unpaired) electrons. The van der Waals surface area contributed by atoms with E-state index in [0.29, 0.717) is 29.7 Å². The normalized spacial score (nSPS) is 40.6. The number of aliphatic hydroxyl groups excluding tert-OH is 1. The van der Waals surface area contributed by atoms with Crippen LogP contribution in [0.25, 0.3) is 0 Å². The number of amides is 2. The van der Waals surface area contributed by atoms with E-state index in [1.54, 1.807) is 17.9 Å². The first-order chi connectivity index (χ1) is 18.3. The molecule has 6 rings (SSSR count). The summed E-state index contributed by atoms with van der Waals surface area (Å²) in [6.45, 7) is 8.06. The molecule has 2 heterocycles. The Balaban J connectivity index is 1.05. The van der Waals surface area contributed by atoms with Gasteiger partial charge < -0.3 is 20.2 Å². The summed E-state index contributed by atoms with van der Waals surface area (Å²) in [7, 11) is 0. The van der Waals surface area contributed by atoms with Crippen LogP contribution in [0.5, 0.6) is 0 Å². The van der Waals surface area contributed by atoms with Crippen LogP contribution in [-0.2, 0) is 0 Å². The van der Waals surface area contributed by atoms with Gasteiger partial charge in [-0.2, -0.15) is 0 Å². The lowest BCUT2D eigenvalue weighted by atomic mass is 9.45. The van der Waals surface area contributed by atoms with Crippen LogP contribution >= 0.6 is 0 Å². The van der Waals surface area contributed by atoms with E-state index in [2.05, 4.69) is 35.5 Å². The second kappa shape index (κ2) is 10.1. The van der Waals surface area contributed by atoms with Gasteiger partial charge in [0, 0.05) is 38.3 Å². The number of carbonyl (C=O) groups is 1. The van der Waals surface area contributed by atoms with Crippen molar-refractivity contribution in [3.05, 3.63) is 46.0 Å². The zero-order valence-corrected chi connectivity index (χ0v) is 23.1. The van der Waals surface area contributed by atoms with Crippen molar-refractivity contribution in [3.63, 3.8) is 0 Å². The molecule has 0 bridgehead atoms. The van der Waals surface area contributed by atoms with Crippen molar-refractivity contribution in [2.24, 2.45) is 28.6 Å². The van der Waals surface area contributed by atoms with Gasteiger partial charge in [-0.05, 0) is 104 Å². The zero-order valence-electron chi connectivity index (χ0n) is 23.1. The fourth-order valence-electron chi connectivity index (χ4n) is 9.37. The molecule has 8 atom stereocenters. The second-order valence-corrected chi connectivity index (χ2v) is 13.4. The van der Waals surface area contributed by atoms with Gasteiger partial charge in [0.15, 0.2) is 0 Å². The predicted octanol–water partition coefficient (Wildman–Crippen LogP) is 4.42. The summed E-state index contributed by atoms with van der Waals surface area (Å²) >= 11 is 0. The Bertz CT molecular complexity index is 1110. The molecule has 0 spiro atoms. The molecule has 1 aliphatic heterocycles. The lowest BCUT2D eigenvalue weighted by Gasteiger charge is -2.60. The van der Waals surface area contributed by atoms with Gasteiger partial charge >= 0.3 is 11.7 Å². The molecule has 7 heteroatoms. The smallest absolute Gasteiger partial charge is 0.335 e. The number of fused-ring (bicyclic) bond motifs is 5. The molecule has 3 N–H and O–H groups in total. The lowest BCUT2D eigenvalue weighted by molar-refractivity contribution is -0.0585. The van der Waals surface area contributed by atoms with Crippen LogP contribution in [-0.4, -0.2) is 54.4 Å². The number of nitrogens with one attached hydrogen (secondary N) is 2. The largest absolute Gasteiger partial charge is 0.431 e. The number of hydrogen-bond donors (Lipinski definition) is 3. The summed E-state index contributed by atoms with van der Waals surface area (Å²) in [5.74, 6) is 2.45. The molecule has 1 unspecified atom stereocenters. The highest BCUT2D eigenvalue weighted by molar-refractivity contribution is 5.74. The molecule has 4 fully saturated rings. The molecule has 5 aliphatic rings. The van der Waals surface area contributed by atoms with E-state index in [9.17, 15) is 14.7 Å². The number of aliphatic hydroxyl groups is 1. The quantitative estimate of drug-likeness (QED) is 0.497. The van der Waals surface area contributed by atoms with Crippen molar-refractivity contribution in [2.75, 3.05) is 26.2 Å². The summed E-state index contributed by atoms with van der Waals surface area (Å²) in [5, 5.41) is 16.0. The Morgan fingerprint density at radius 3 is 2.79 bits per heavy atom. The van der Waals surface area contributed by atoms with Gasteiger partial charge in [-0.3, -0.25) is 4.90 Å². The summed E-state index contributed by atoms with van der Waals surface area (Å²) in [5.41, 5.74) is 3.07. The number of rotatable bonds is 5. The average molecular weight is 524 g/mol. The van der Waals surface area contributed by atoms with E-state index in [-0.39, 0.29) is 29.2 Å². The SMILES string of the molecule is C[C@]12CC[C@H](NC(=O)NCCN3CCC(O)C3)C[C@H]1CC[C@H]1C3=CC[C@H](c4ccc(=O)oc4)[C@@]3(C)CC[C@@H]12. The fourth-order valence-corrected chi connectivity index (χ4v) is 9.37. The van der Waals surface area contributed by atoms with Gasteiger partial charge in [-0.1, -0.05) is 25.5 Å². The van der Waals surface area contributed by atoms with Gasteiger partial charge in [0.05, 0.1) is 12.4 Å². The summed E-state index contributed by atoms with van der Waals surface area (Å²) in [6.07, 6.45) is 14.2. The first-order valence-corrected chi connectivity index (χ1v) is 15.0. The Morgan fingerprint density at radius 1 is 1.16 bits per heavy atom. The van der Waals surface area contributed by atoms with E-state index in [0.717, 1.165) is 51.2 Å². The molecule has 7 nitrogen and oxygen atoms in total. The molecule has 4 aliphatic carbocycles. The minimum atomic E-state index is -0.273. The number of likely N-dealkylation sites (tertiary alicyclic amines) is 1. The van der Waals surface area contributed by atoms with Crippen molar-refractivity contribution in [3.8, 4) is 0 Å². The number of hydrogen-bond acceptors (Lipinski definition) is 5. The van der Waals surface area contributed by atoms with E-state index < -0.39 is 0 Å². The Hall–Kier alpha value is -2.12. The highest BCUT2D eigenvalue weighted by Crippen LogP contribution is 2.67. The number of allylic oxidation sites excluding steroid dienone is 2. The maximum Gasteiger partial charge on any atom is 0.335 e. The summed E-state index contributed by atoms with van der Waals surface area (Å²) < 4.78 is 5.25. The third-order valence-corrected chi connectivity index (χ3v) is 11.5. The number of urea groups is 1. The van der Waals surface area contributed by atoms with Gasteiger partial charge in [0.1, 0.15) is 0 Å². The topological polar surface area (TPSA) is 94.8 Å². The molecule has 208 valence electrons. The summed E-state index contributed by atoms with van der Waals surface area (Å²) in [4.78, 5) is 26.4. The average Bonchev–Trinajstić information content (AvgIpc) is 3.47. The molecule has 3 saturated carbocycles. The van der Waals surface area contributed by atoms with Crippen LogP contribution in [0.3, 0.4) is 0 Å². The first-order valence-electron chi connectivity index (χ1n) is 15.0. The van der Waals surface area contributed by atoms with Crippen LogP contribution < -0.4 is 16.3 Å². The molecule has 0 aromatic carbocycles. The third-order valence-electron chi connectivity index (χ3n) is 11.5. The van der Waals surface area contributed by atoms with E-state index in [1.165, 1.54) is 37.7 Å². The van der Waals surface area contributed by atoms with Gasteiger partial charge in [-0.15, -0.1) is 0 Å². The lowest BCUT2D eigenvalue weighted by Crippen LogP contribution is -2.54. The number of nitrogens with zero attached hydrogens (tertiary/aromatic N) is 1. The van der Waals surface area contributed by atoms with Crippen LogP contribution in [0, 0.1) is 28.6 Å². The first kappa shape index (κ1) is 26.1. The van der Waals surface area contributed by atoms with Gasteiger partial charge in [-0.25, -0.2) is 9.59 Å². The Morgan fingerprint density at radius 2 is 2.03 bits per heavy atom. The Labute approximate surface area is 226 Å². The molecular weight excluding hydrogens is 478 g/mol. The molecule has 2 amide bonds. The number of β-amino-alcohol motifs (C(OH)–C–C–N with tert-alkyl or cyclic N) is 1. The Kier molecular flexibility index (Phi) is 6.96. The highest BCUT2D eigenvalue weighted by atomic mass is 16.4. The maximum atomic E-state index is 12.6. The van der Waals surface area contributed by atoms with Crippen molar-refractivity contribution in [2.45, 2.75) is 89.7 Å². The second-order valence-electron chi connectivity index (χ2n) is 13.4. The van der Waals surface area contributed by atoms with E-state index in [1.807, 2.05) is 6.07 Å². The standard InChI is InChI=1S/C31H45N3O4/c1-30-12-9-22(33-29(37)32-14-16-34-15-11-23(35)18-34)17-21(30)4-5-24-26-7-6-25(20-3-8-28(36)38-19-20)31(26,2)13-10-27(24)30/h3,7-8,19,21-25,27,35H,4-6,9-18H2,1-2H3,(H2,32,33,37)/t21-,22+,23?,24+,25-,27+,30+,31-/m1/s1. The number of carbonyl (C=O) groups excluding carboxylic acids is 1. The van der Waals surface area contributed by atoms with Gasteiger partial charge in [0.25, 0.3) is 0 Å². The highest BCUT2D eigenvalue weighted by Gasteiger charge is 2.57. The van der Waals surface area contributed by atoms with E-state index >= 15 is 0 Å². The summed E-state index contributed by atoms with van der Waals surface area (Å²) in [6, 6.07) is 3.76. The van der Waals surface area contributed by atoms with Crippen LogP contribution in [0.1, 0.15) is 83.1 Å². The minimum absolute atomic E-state index is 0.0423. The molecule has 1 aromatic heterocycles. The molecule has 1 saturated heterocycles. The third kappa shape index (κ3) is 4.64. The zero-order chi connectivity index (χ0) is 26.5. The van der Waals surface area contributed by atoms with Gasteiger partial charge in [0.2, 0.25) is 0 Å². The van der Waals surface area contributed by atoms with Crippen LogP contribution in [0.4, 0.5) is 4.79 Å². The van der Waals surface area contributed by atoms with Crippen molar-refractivity contribution < 1.29 is 14.3 Å². The molecule has 1 aromatic rings. The molecule has 38 heavy (non-hydrogen) atoms. The van der Waals surface area contributed by atoms with E-state index in [4.69, 9.17) is 4.42 Å². The maximum absolute atomic E-state index is 12.6. The predicted molar refractivity (Wildman–Crippen MR) is 147 cm³/mol. The van der Waals surface area contributed by atoms with Crippen LogP contribution in [0.2, 0.25) is 0 Å². The van der Waals surface area contributed by atoms with Crippen molar-refractivity contribution in [1.82, 2.24) is 15.5 Å². The van der Waals surface area contributed by atoms with Crippen molar-refractivity contribution >= 4 is 6.03 Å². The monoisotopic (exact) mass is 523 g/mol. The minimum Gasteiger partial charge on any atom is -0.431 e. The molecular formula is C31H45N3O4. The van der Waals surface area contributed by atoms with Crippen molar-refractivity contribution in [1.29, 1.82) is 0 Å². The fraction of sp³-hybridized carbons (Fsp3) is 0.742.